The fourth-order valence-electron chi connectivity index (χ4n) is 3.36. The van der Waals surface area contributed by atoms with Crippen molar-refractivity contribution >= 4 is 15.9 Å². The van der Waals surface area contributed by atoms with E-state index >= 15 is 0 Å². The van der Waals surface area contributed by atoms with Crippen molar-refractivity contribution in [1.29, 1.82) is 0 Å². The molecule has 3 rings (SSSR count). The standard InChI is InChI=1S/C22H28N2O6S/c1-16-6-5-7-17(2)21(16)30-15-18(25)14-23-31(27,28)20-9-4-3-8-19(20)22(26)24-10-12-29-13-11-24/h3-9,18,23,25H,10-15H2,1-2H3/t18-/m0/s1. The molecule has 1 fully saturated rings. The van der Waals surface area contributed by atoms with Crippen LogP contribution in [0.15, 0.2) is 47.4 Å². The van der Waals surface area contributed by atoms with Gasteiger partial charge in [-0.25, -0.2) is 13.1 Å². The summed E-state index contributed by atoms with van der Waals surface area (Å²) in [6.45, 7) is 5.16. The first-order valence-corrected chi connectivity index (χ1v) is 11.6. The molecule has 1 aliphatic heterocycles. The average molecular weight is 449 g/mol. The molecule has 0 aliphatic carbocycles. The third kappa shape index (κ3) is 5.82. The van der Waals surface area contributed by atoms with Crippen molar-refractivity contribution in [2.45, 2.75) is 24.8 Å². The summed E-state index contributed by atoms with van der Waals surface area (Å²) in [5, 5.41) is 10.2. The lowest BCUT2D eigenvalue weighted by atomic mass is 10.1. The van der Waals surface area contributed by atoms with Gasteiger partial charge in [0, 0.05) is 19.6 Å². The first kappa shape index (κ1) is 23.2. The minimum atomic E-state index is -4.01. The van der Waals surface area contributed by atoms with E-state index in [9.17, 15) is 18.3 Å². The maximum absolute atomic E-state index is 12.9. The van der Waals surface area contributed by atoms with Crippen LogP contribution >= 0.6 is 0 Å². The van der Waals surface area contributed by atoms with Crippen LogP contribution < -0.4 is 9.46 Å². The van der Waals surface area contributed by atoms with Gasteiger partial charge >= 0.3 is 0 Å². The molecule has 2 N–H and O–H groups in total. The highest BCUT2D eigenvalue weighted by Gasteiger charge is 2.26. The first-order chi connectivity index (χ1) is 14.8. The SMILES string of the molecule is Cc1cccc(C)c1OC[C@@H](O)CNS(=O)(=O)c1ccccc1C(=O)N1CCOCC1. The highest BCUT2D eigenvalue weighted by atomic mass is 32.2. The molecule has 2 aromatic rings. The number of aliphatic hydroxyl groups is 1. The van der Waals surface area contributed by atoms with Gasteiger partial charge in [-0.15, -0.1) is 0 Å². The van der Waals surface area contributed by atoms with Gasteiger partial charge in [0.15, 0.2) is 0 Å². The van der Waals surface area contributed by atoms with E-state index in [1.807, 2.05) is 32.0 Å². The predicted molar refractivity (Wildman–Crippen MR) is 116 cm³/mol. The van der Waals surface area contributed by atoms with Crippen LogP contribution in [0.3, 0.4) is 0 Å². The summed E-state index contributed by atoms with van der Waals surface area (Å²) in [4.78, 5) is 14.3. The molecule has 2 aromatic carbocycles. The summed E-state index contributed by atoms with van der Waals surface area (Å²) in [5.74, 6) is 0.314. The van der Waals surface area contributed by atoms with Crippen molar-refractivity contribution in [2.24, 2.45) is 0 Å². The number of aryl methyl sites for hydroxylation is 2. The maximum atomic E-state index is 12.9. The third-order valence-corrected chi connectivity index (χ3v) is 6.52. The maximum Gasteiger partial charge on any atom is 0.255 e. The van der Waals surface area contributed by atoms with E-state index in [0.717, 1.165) is 11.1 Å². The number of hydrogen-bond donors (Lipinski definition) is 2. The van der Waals surface area contributed by atoms with Crippen LogP contribution in [0.4, 0.5) is 0 Å². The highest BCUT2D eigenvalue weighted by molar-refractivity contribution is 7.89. The Labute approximate surface area is 182 Å². The molecule has 1 amide bonds. The van der Waals surface area contributed by atoms with Crippen molar-refractivity contribution in [3.05, 3.63) is 59.2 Å². The number of para-hydroxylation sites is 1. The summed E-state index contributed by atoms with van der Waals surface area (Å²) in [5.41, 5.74) is 1.96. The molecule has 0 aromatic heterocycles. The second kappa shape index (κ2) is 10.2. The van der Waals surface area contributed by atoms with E-state index in [4.69, 9.17) is 9.47 Å². The van der Waals surface area contributed by atoms with Crippen molar-refractivity contribution in [1.82, 2.24) is 9.62 Å². The highest BCUT2D eigenvalue weighted by Crippen LogP contribution is 2.22. The lowest BCUT2D eigenvalue weighted by molar-refractivity contribution is 0.0300. The molecule has 0 unspecified atom stereocenters. The third-order valence-electron chi connectivity index (χ3n) is 5.04. The van der Waals surface area contributed by atoms with Crippen LogP contribution in [0, 0.1) is 13.8 Å². The number of ether oxygens (including phenoxy) is 2. The van der Waals surface area contributed by atoms with Crippen molar-refractivity contribution in [3.63, 3.8) is 0 Å². The summed E-state index contributed by atoms with van der Waals surface area (Å²) in [6, 6.07) is 11.8. The van der Waals surface area contributed by atoms with Gasteiger partial charge in [-0.1, -0.05) is 30.3 Å². The molecule has 0 radical (unpaired) electrons. The number of hydrogen-bond acceptors (Lipinski definition) is 6. The topological polar surface area (TPSA) is 105 Å². The van der Waals surface area contributed by atoms with Crippen LogP contribution in [-0.2, 0) is 14.8 Å². The summed E-state index contributed by atoms with van der Waals surface area (Å²) < 4.78 is 39.1. The Morgan fingerprint density at radius 1 is 1.13 bits per heavy atom. The molecule has 1 saturated heterocycles. The van der Waals surface area contributed by atoms with Crippen LogP contribution in [0.1, 0.15) is 21.5 Å². The second-order valence-corrected chi connectivity index (χ2v) is 9.17. The number of rotatable bonds is 8. The molecule has 0 saturated carbocycles. The van der Waals surface area contributed by atoms with E-state index in [1.54, 1.807) is 17.0 Å². The number of aliphatic hydroxyl groups excluding tert-OH is 1. The monoisotopic (exact) mass is 448 g/mol. The number of carbonyl (C=O) groups excluding carboxylic acids is 1. The van der Waals surface area contributed by atoms with Crippen LogP contribution in [-0.4, -0.2) is 69.9 Å². The van der Waals surface area contributed by atoms with E-state index in [0.29, 0.717) is 32.1 Å². The number of nitrogens with one attached hydrogen (secondary N) is 1. The molecule has 9 heteroatoms. The first-order valence-electron chi connectivity index (χ1n) is 10.1. The van der Waals surface area contributed by atoms with E-state index in [1.165, 1.54) is 12.1 Å². The lowest BCUT2D eigenvalue weighted by Gasteiger charge is -2.27. The Morgan fingerprint density at radius 2 is 1.77 bits per heavy atom. The number of carbonyl (C=O) groups is 1. The molecule has 0 spiro atoms. The van der Waals surface area contributed by atoms with E-state index in [2.05, 4.69) is 4.72 Å². The fourth-order valence-corrected chi connectivity index (χ4v) is 4.63. The van der Waals surface area contributed by atoms with Gasteiger partial charge in [0.1, 0.15) is 18.5 Å². The zero-order valence-electron chi connectivity index (χ0n) is 17.7. The smallest absolute Gasteiger partial charge is 0.255 e. The molecule has 168 valence electrons. The molecule has 1 heterocycles. The van der Waals surface area contributed by atoms with Crippen molar-refractivity contribution in [2.75, 3.05) is 39.5 Å². The Balaban J connectivity index is 1.65. The van der Waals surface area contributed by atoms with Gasteiger partial charge in [0.2, 0.25) is 10.0 Å². The number of morpholine rings is 1. The number of nitrogens with zero attached hydrogens (tertiary/aromatic N) is 1. The minimum absolute atomic E-state index is 0.0669. The number of sulfonamides is 1. The van der Waals surface area contributed by atoms with Crippen LogP contribution in [0.5, 0.6) is 5.75 Å². The Bertz CT molecular complexity index is 998. The van der Waals surface area contributed by atoms with Gasteiger partial charge in [-0.2, -0.15) is 0 Å². The summed E-state index contributed by atoms with van der Waals surface area (Å²) in [6.07, 6.45) is -1.06. The Morgan fingerprint density at radius 3 is 2.45 bits per heavy atom. The zero-order chi connectivity index (χ0) is 22.4. The van der Waals surface area contributed by atoms with Gasteiger partial charge in [0.25, 0.3) is 5.91 Å². The fraction of sp³-hybridized carbons (Fsp3) is 0.409. The minimum Gasteiger partial charge on any atom is -0.490 e. The van der Waals surface area contributed by atoms with Gasteiger partial charge in [0.05, 0.1) is 23.7 Å². The van der Waals surface area contributed by atoms with Crippen molar-refractivity contribution in [3.8, 4) is 5.75 Å². The Hall–Kier alpha value is -2.46. The largest absolute Gasteiger partial charge is 0.490 e. The zero-order valence-corrected chi connectivity index (χ0v) is 18.5. The molecule has 1 aliphatic rings. The average Bonchev–Trinajstić information content (AvgIpc) is 2.77. The predicted octanol–water partition coefficient (Wildman–Crippen LogP) is 1.49. The normalized spacial score (nSPS) is 15.5. The Kier molecular flexibility index (Phi) is 7.66. The van der Waals surface area contributed by atoms with Crippen molar-refractivity contribution < 1.29 is 27.8 Å². The van der Waals surface area contributed by atoms with E-state index < -0.39 is 16.1 Å². The number of amides is 1. The van der Waals surface area contributed by atoms with E-state index in [-0.39, 0.29) is 29.5 Å². The summed E-state index contributed by atoms with van der Waals surface area (Å²) >= 11 is 0. The molecule has 0 bridgehead atoms. The molecule has 1 atom stereocenters. The van der Waals surface area contributed by atoms with Crippen LogP contribution in [0.25, 0.3) is 0 Å². The quantitative estimate of drug-likeness (QED) is 0.634. The second-order valence-electron chi connectivity index (χ2n) is 7.44. The van der Waals surface area contributed by atoms with Gasteiger partial charge in [-0.3, -0.25) is 4.79 Å². The van der Waals surface area contributed by atoms with Crippen LogP contribution in [0.2, 0.25) is 0 Å². The summed E-state index contributed by atoms with van der Waals surface area (Å²) in [7, 11) is -4.01. The molecule has 8 nitrogen and oxygen atoms in total. The molecular weight excluding hydrogens is 420 g/mol. The van der Waals surface area contributed by atoms with Gasteiger partial charge < -0.3 is 19.5 Å². The number of benzene rings is 2. The molecular formula is C22H28N2O6S. The van der Waals surface area contributed by atoms with Gasteiger partial charge in [-0.05, 0) is 37.1 Å². The molecule has 31 heavy (non-hydrogen) atoms. The lowest BCUT2D eigenvalue weighted by Crippen LogP contribution is -2.42.